The third kappa shape index (κ3) is 7.58. The summed E-state index contributed by atoms with van der Waals surface area (Å²) < 4.78 is 5.73. The predicted octanol–water partition coefficient (Wildman–Crippen LogP) is 5.07. The van der Waals surface area contributed by atoms with E-state index >= 15 is 0 Å². The summed E-state index contributed by atoms with van der Waals surface area (Å²) in [4.78, 5) is 32.8. The Kier molecular flexibility index (Phi) is 9.28. The van der Waals surface area contributed by atoms with Crippen LogP contribution >= 0.6 is 0 Å². The molecule has 1 amide bonds. The number of fused-ring (bicyclic) bond motifs is 1. The van der Waals surface area contributed by atoms with Gasteiger partial charge in [-0.2, -0.15) is 0 Å². The van der Waals surface area contributed by atoms with Crippen LogP contribution in [0, 0.1) is 13.8 Å². The van der Waals surface area contributed by atoms with Crippen molar-refractivity contribution in [1.29, 1.82) is 0 Å². The van der Waals surface area contributed by atoms with Crippen molar-refractivity contribution in [3.8, 4) is 0 Å². The first kappa shape index (κ1) is 24.7. The molecule has 6 nitrogen and oxygen atoms in total. The molecule has 1 saturated heterocycles. The number of allylic oxidation sites excluding steroid dienone is 3. The first-order chi connectivity index (χ1) is 15.9. The van der Waals surface area contributed by atoms with Gasteiger partial charge in [-0.3, -0.25) is 4.79 Å². The topological polar surface area (TPSA) is 68.2 Å². The van der Waals surface area contributed by atoms with E-state index in [2.05, 4.69) is 23.4 Å². The number of oxime groups is 1. The molecule has 2 aliphatic heterocycles. The second-order valence-corrected chi connectivity index (χ2v) is 8.99. The molecule has 1 atom stereocenters. The molecular weight excluding hydrogens is 416 g/mol. The zero-order chi connectivity index (χ0) is 23.6. The van der Waals surface area contributed by atoms with Crippen molar-refractivity contribution in [2.24, 2.45) is 5.16 Å². The summed E-state index contributed by atoms with van der Waals surface area (Å²) in [6.45, 7) is 7.37. The lowest BCUT2D eigenvalue weighted by atomic mass is 9.95. The smallest absolute Gasteiger partial charge is 0.338 e. The van der Waals surface area contributed by atoms with Gasteiger partial charge in [-0.05, 0) is 70.1 Å². The number of carbonyl (C=O) groups excluding carboxylic acids is 2. The summed E-state index contributed by atoms with van der Waals surface area (Å²) in [5.74, 6) is -0.344. The van der Waals surface area contributed by atoms with Crippen molar-refractivity contribution >= 4 is 17.6 Å². The number of amides is 1. The summed E-state index contributed by atoms with van der Waals surface area (Å²) in [5, 5.41) is 4.30. The number of hydrogen-bond donors (Lipinski definition) is 0. The molecule has 2 heterocycles. The molecular formula is C27H36N2O4. The van der Waals surface area contributed by atoms with Crippen LogP contribution in [-0.4, -0.2) is 48.3 Å². The third-order valence-corrected chi connectivity index (χ3v) is 5.97. The average molecular weight is 453 g/mol. The molecule has 1 aromatic carbocycles. The van der Waals surface area contributed by atoms with Crippen molar-refractivity contribution in [1.82, 2.24) is 4.90 Å². The lowest BCUT2D eigenvalue weighted by Crippen LogP contribution is -2.37. The largest absolute Gasteiger partial charge is 0.459 e. The number of hydrogen-bond acceptors (Lipinski definition) is 5. The maximum absolute atomic E-state index is 13.0. The molecule has 0 bridgehead atoms. The molecule has 3 rings (SSSR count). The van der Waals surface area contributed by atoms with Gasteiger partial charge in [0.25, 0.3) is 5.91 Å². The van der Waals surface area contributed by atoms with Crippen LogP contribution in [0.25, 0.3) is 0 Å². The summed E-state index contributed by atoms with van der Waals surface area (Å²) in [6, 6.07) is 4.00. The second kappa shape index (κ2) is 12.4. The van der Waals surface area contributed by atoms with Crippen LogP contribution in [0.5, 0.6) is 0 Å². The fourth-order valence-corrected chi connectivity index (χ4v) is 4.32. The van der Waals surface area contributed by atoms with Gasteiger partial charge in [0.05, 0.1) is 11.3 Å². The number of nitrogens with zero attached hydrogens (tertiary/aromatic N) is 2. The van der Waals surface area contributed by atoms with Crippen LogP contribution in [0.3, 0.4) is 0 Å². The van der Waals surface area contributed by atoms with Crippen LogP contribution in [0.1, 0.15) is 72.5 Å². The number of cyclic esters (lactones) is 1. The van der Waals surface area contributed by atoms with E-state index < -0.39 is 0 Å². The Labute approximate surface area is 197 Å². The molecule has 0 radical (unpaired) electrons. The van der Waals surface area contributed by atoms with E-state index in [1.165, 1.54) is 6.42 Å². The normalized spacial score (nSPS) is 21.3. The molecule has 0 N–H and O–H groups in total. The van der Waals surface area contributed by atoms with E-state index in [1.807, 2.05) is 43.9 Å². The van der Waals surface area contributed by atoms with E-state index in [1.54, 1.807) is 0 Å². The van der Waals surface area contributed by atoms with Crippen molar-refractivity contribution in [2.45, 2.75) is 71.8 Å². The maximum Gasteiger partial charge on any atom is 0.338 e. The number of piperidine rings is 1. The Morgan fingerprint density at radius 2 is 1.88 bits per heavy atom. The van der Waals surface area contributed by atoms with Gasteiger partial charge in [-0.15, -0.1) is 0 Å². The fraction of sp³-hybridized carbons (Fsp3) is 0.519. The molecule has 0 saturated carbocycles. The van der Waals surface area contributed by atoms with Gasteiger partial charge in [0.1, 0.15) is 6.10 Å². The van der Waals surface area contributed by atoms with Gasteiger partial charge in [-0.1, -0.05) is 41.1 Å². The Morgan fingerprint density at radius 1 is 1.12 bits per heavy atom. The first-order valence-electron chi connectivity index (χ1n) is 12.0. The van der Waals surface area contributed by atoms with E-state index in [9.17, 15) is 9.59 Å². The molecule has 1 fully saturated rings. The monoisotopic (exact) mass is 452 g/mol. The molecule has 6 heteroatoms. The van der Waals surface area contributed by atoms with Gasteiger partial charge < -0.3 is 14.5 Å². The van der Waals surface area contributed by atoms with Crippen LogP contribution in [-0.2, 0) is 20.8 Å². The Hall–Kier alpha value is -2.89. The molecule has 178 valence electrons. The molecule has 2 aliphatic rings. The van der Waals surface area contributed by atoms with Gasteiger partial charge in [0.2, 0.25) is 0 Å². The van der Waals surface area contributed by atoms with Gasteiger partial charge in [-0.25, -0.2) is 4.79 Å². The predicted molar refractivity (Wildman–Crippen MR) is 130 cm³/mol. The summed E-state index contributed by atoms with van der Waals surface area (Å²) in [6.07, 6.45) is 14.1. The van der Waals surface area contributed by atoms with Crippen molar-refractivity contribution in [3.05, 3.63) is 58.7 Å². The number of aryl methyl sites for hydroxylation is 2. The highest BCUT2D eigenvalue weighted by molar-refractivity contribution is 6.00. The molecule has 0 spiro atoms. The Bertz CT molecular complexity index is 926. The highest BCUT2D eigenvalue weighted by Gasteiger charge is 2.20. The highest BCUT2D eigenvalue weighted by atomic mass is 16.6. The van der Waals surface area contributed by atoms with Crippen molar-refractivity contribution < 1.29 is 19.2 Å². The number of benzene rings is 1. The van der Waals surface area contributed by atoms with Crippen LogP contribution in [0.4, 0.5) is 0 Å². The average Bonchev–Trinajstić information content (AvgIpc) is 2.77. The molecule has 1 unspecified atom stereocenters. The lowest BCUT2D eigenvalue weighted by molar-refractivity contribution is -0.137. The standard InChI is InChI=1S/C27H36N2O4/c1-20-16-21(2)26-23(17-20)18-24(28-32-19-25(30)29-14-10-7-11-15-29)13-9-6-4-5-8-12-22(3)33-27(26)31/h5,8-9,13,16-17,22H,4,6-7,10-12,14-15,18-19H2,1-3H3. The van der Waals surface area contributed by atoms with Crippen LogP contribution in [0.15, 0.2) is 41.6 Å². The molecule has 0 aromatic heterocycles. The minimum Gasteiger partial charge on any atom is -0.459 e. The number of ether oxygens (including phenoxy) is 1. The number of rotatable bonds is 3. The highest BCUT2D eigenvalue weighted by Crippen LogP contribution is 2.21. The van der Waals surface area contributed by atoms with E-state index in [0.29, 0.717) is 24.1 Å². The van der Waals surface area contributed by atoms with Crippen LogP contribution in [0.2, 0.25) is 0 Å². The van der Waals surface area contributed by atoms with Gasteiger partial charge in [0.15, 0.2) is 6.61 Å². The first-order valence-corrected chi connectivity index (χ1v) is 12.0. The lowest BCUT2D eigenvalue weighted by Gasteiger charge is -2.26. The second-order valence-electron chi connectivity index (χ2n) is 8.99. The number of likely N-dealkylation sites (tertiary alicyclic amines) is 1. The maximum atomic E-state index is 13.0. The SMILES string of the molecule is Cc1cc(C)c2c(c1)CC(=NOCC(=O)N1CCCCC1)C=CCCC=CCC(C)OC2=O. The Balaban J connectivity index is 1.83. The number of carbonyl (C=O) groups is 2. The molecule has 33 heavy (non-hydrogen) atoms. The van der Waals surface area contributed by atoms with Crippen molar-refractivity contribution in [2.75, 3.05) is 19.7 Å². The summed E-state index contributed by atoms with van der Waals surface area (Å²) in [7, 11) is 0. The van der Waals surface area contributed by atoms with Gasteiger partial charge >= 0.3 is 5.97 Å². The summed E-state index contributed by atoms with van der Waals surface area (Å²) >= 11 is 0. The third-order valence-electron chi connectivity index (χ3n) is 5.97. The van der Waals surface area contributed by atoms with E-state index in [4.69, 9.17) is 9.57 Å². The Morgan fingerprint density at radius 3 is 2.67 bits per heavy atom. The van der Waals surface area contributed by atoms with Crippen LogP contribution < -0.4 is 0 Å². The quantitative estimate of drug-likeness (QED) is 0.365. The van der Waals surface area contributed by atoms with E-state index in [-0.39, 0.29) is 24.6 Å². The zero-order valence-electron chi connectivity index (χ0n) is 20.1. The minimum atomic E-state index is -0.315. The summed E-state index contributed by atoms with van der Waals surface area (Å²) in [5.41, 5.74) is 4.07. The van der Waals surface area contributed by atoms with E-state index in [0.717, 1.165) is 55.5 Å². The molecule has 1 aromatic rings. The van der Waals surface area contributed by atoms with Gasteiger partial charge in [0, 0.05) is 25.9 Å². The van der Waals surface area contributed by atoms with Crippen molar-refractivity contribution in [3.63, 3.8) is 0 Å². The number of esters is 1. The minimum absolute atomic E-state index is 0.0290. The zero-order valence-corrected chi connectivity index (χ0v) is 20.1. The fourth-order valence-electron chi connectivity index (χ4n) is 4.32. The molecule has 0 aliphatic carbocycles.